The minimum Gasteiger partial charge on any atom is -0.497 e. The quantitative estimate of drug-likeness (QED) is 0.385. The summed E-state index contributed by atoms with van der Waals surface area (Å²) in [6.07, 6.45) is 0. The molecule has 0 aliphatic rings. The van der Waals surface area contributed by atoms with E-state index in [1.165, 1.54) is 0 Å². The summed E-state index contributed by atoms with van der Waals surface area (Å²) in [4.78, 5) is 12.9. The minimum atomic E-state index is -0.184. The lowest BCUT2D eigenvalue weighted by atomic mass is 10.1. The molecule has 2 aromatic carbocycles. The van der Waals surface area contributed by atoms with Crippen LogP contribution in [-0.2, 0) is 7.05 Å². The number of hydrazone groups is 1. The van der Waals surface area contributed by atoms with E-state index in [1.807, 2.05) is 75.5 Å². The highest BCUT2D eigenvalue weighted by atomic mass is 32.1. The number of aromatic nitrogens is 2. The van der Waals surface area contributed by atoms with Crippen molar-refractivity contribution >= 4 is 28.7 Å². The molecule has 0 radical (unpaired) electrons. The van der Waals surface area contributed by atoms with Crippen LogP contribution in [0.3, 0.4) is 0 Å². The van der Waals surface area contributed by atoms with E-state index in [0.29, 0.717) is 5.69 Å². The second kappa shape index (κ2) is 8.74. The van der Waals surface area contributed by atoms with E-state index in [4.69, 9.17) is 17.0 Å². The van der Waals surface area contributed by atoms with E-state index in [9.17, 15) is 4.79 Å². The van der Waals surface area contributed by atoms with Gasteiger partial charge in [-0.2, -0.15) is 5.10 Å². The fourth-order valence-corrected chi connectivity index (χ4v) is 3.03. The lowest BCUT2D eigenvalue weighted by Crippen LogP contribution is -2.28. The van der Waals surface area contributed by atoms with Gasteiger partial charge in [-0.05, 0) is 68.0 Å². The summed E-state index contributed by atoms with van der Waals surface area (Å²) >= 11 is 5.33. The van der Waals surface area contributed by atoms with Gasteiger partial charge in [0.25, 0.3) is 5.56 Å². The van der Waals surface area contributed by atoms with Crippen molar-refractivity contribution in [2.45, 2.75) is 13.8 Å². The molecule has 0 unspecified atom stereocenters. The fraction of sp³-hybridized carbons (Fsp3) is 0.190. The lowest BCUT2D eigenvalue weighted by Gasteiger charge is -2.08. The Morgan fingerprint density at radius 3 is 2.38 bits per heavy atom. The zero-order valence-electron chi connectivity index (χ0n) is 16.8. The maximum atomic E-state index is 12.9. The Bertz CT molecular complexity index is 1100. The number of methoxy groups -OCH3 is 1. The Labute approximate surface area is 174 Å². The molecule has 150 valence electrons. The molecule has 0 fully saturated rings. The summed E-state index contributed by atoms with van der Waals surface area (Å²) in [5, 5.41) is 7.51. The number of ether oxygens (including phenoxy) is 1. The fourth-order valence-electron chi connectivity index (χ4n) is 2.89. The average molecular weight is 410 g/mol. The molecule has 8 heteroatoms. The van der Waals surface area contributed by atoms with Crippen LogP contribution in [-0.4, -0.2) is 27.3 Å². The van der Waals surface area contributed by atoms with Gasteiger partial charge in [0.15, 0.2) is 5.11 Å². The Morgan fingerprint density at radius 2 is 1.76 bits per heavy atom. The van der Waals surface area contributed by atoms with Crippen LogP contribution in [0.1, 0.15) is 18.2 Å². The van der Waals surface area contributed by atoms with E-state index >= 15 is 0 Å². The van der Waals surface area contributed by atoms with Crippen molar-refractivity contribution in [2.75, 3.05) is 12.4 Å². The first kappa shape index (κ1) is 20.3. The average Bonchev–Trinajstić information content (AvgIpc) is 2.95. The van der Waals surface area contributed by atoms with Crippen molar-refractivity contribution in [3.63, 3.8) is 0 Å². The number of thiocarbonyl (C=S) groups is 1. The van der Waals surface area contributed by atoms with Crippen molar-refractivity contribution in [1.82, 2.24) is 14.8 Å². The molecular formula is C21H23N5O2S. The SMILES string of the molecule is COc1ccc(/C(C)=N\NC(=S)Nc2c(C)n(C)n(-c3ccccc3)c2=O)cc1. The summed E-state index contributed by atoms with van der Waals surface area (Å²) in [5.41, 5.74) is 6.26. The molecule has 0 amide bonds. The first-order chi connectivity index (χ1) is 13.9. The van der Waals surface area contributed by atoms with Gasteiger partial charge in [0, 0.05) is 7.05 Å². The predicted molar refractivity (Wildman–Crippen MR) is 120 cm³/mol. The van der Waals surface area contributed by atoms with E-state index in [1.54, 1.807) is 16.5 Å². The van der Waals surface area contributed by atoms with Crippen molar-refractivity contribution in [3.8, 4) is 11.4 Å². The Balaban J connectivity index is 1.76. The van der Waals surface area contributed by atoms with Crippen LogP contribution in [0, 0.1) is 6.92 Å². The third-order valence-electron chi connectivity index (χ3n) is 4.63. The topological polar surface area (TPSA) is 72.6 Å². The van der Waals surface area contributed by atoms with Crippen LogP contribution in [0.15, 0.2) is 64.5 Å². The number of rotatable bonds is 5. The van der Waals surface area contributed by atoms with Crippen LogP contribution in [0.5, 0.6) is 5.75 Å². The molecule has 3 rings (SSSR count). The van der Waals surface area contributed by atoms with Crippen LogP contribution in [0.2, 0.25) is 0 Å². The monoisotopic (exact) mass is 409 g/mol. The van der Waals surface area contributed by atoms with Crippen molar-refractivity contribution in [3.05, 3.63) is 76.2 Å². The number of nitrogens with one attached hydrogen (secondary N) is 2. The molecule has 0 atom stereocenters. The van der Waals surface area contributed by atoms with Gasteiger partial charge in [-0.1, -0.05) is 18.2 Å². The summed E-state index contributed by atoms with van der Waals surface area (Å²) in [7, 11) is 3.45. The molecule has 0 aliphatic heterocycles. The lowest BCUT2D eigenvalue weighted by molar-refractivity contribution is 0.415. The normalized spacial score (nSPS) is 11.2. The van der Waals surface area contributed by atoms with Gasteiger partial charge in [-0.3, -0.25) is 14.9 Å². The third-order valence-corrected chi connectivity index (χ3v) is 4.82. The zero-order chi connectivity index (χ0) is 21.0. The summed E-state index contributed by atoms with van der Waals surface area (Å²) in [5.74, 6) is 0.779. The second-order valence-electron chi connectivity index (χ2n) is 6.43. The molecule has 1 heterocycles. The number of para-hydroxylation sites is 1. The number of nitrogens with zero attached hydrogens (tertiary/aromatic N) is 3. The molecule has 0 spiro atoms. The molecule has 0 bridgehead atoms. The van der Waals surface area contributed by atoms with Crippen molar-refractivity contribution in [2.24, 2.45) is 12.1 Å². The molecule has 0 saturated carbocycles. The van der Waals surface area contributed by atoms with Crippen molar-refractivity contribution in [1.29, 1.82) is 0 Å². The number of hydrogen-bond donors (Lipinski definition) is 2. The highest BCUT2D eigenvalue weighted by Gasteiger charge is 2.16. The summed E-state index contributed by atoms with van der Waals surface area (Å²) in [6.45, 7) is 3.73. The van der Waals surface area contributed by atoms with Crippen LogP contribution >= 0.6 is 12.2 Å². The molecule has 2 N–H and O–H groups in total. The van der Waals surface area contributed by atoms with E-state index in [0.717, 1.165) is 28.4 Å². The molecule has 0 saturated heterocycles. The summed E-state index contributed by atoms with van der Waals surface area (Å²) in [6, 6.07) is 17.0. The minimum absolute atomic E-state index is 0.184. The molecule has 3 aromatic rings. The van der Waals surface area contributed by atoms with Gasteiger partial charge in [0.05, 0.1) is 24.2 Å². The highest BCUT2D eigenvalue weighted by molar-refractivity contribution is 7.80. The Morgan fingerprint density at radius 1 is 1.10 bits per heavy atom. The summed E-state index contributed by atoms with van der Waals surface area (Å²) < 4.78 is 8.54. The van der Waals surface area contributed by atoms with Gasteiger partial charge in [-0.25, -0.2) is 4.68 Å². The van der Waals surface area contributed by atoms with Crippen molar-refractivity contribution < 1.29 is 4.74 Å². The number of benzene rings is 2. The number of anilines is 1. The third kappa shape index (κ3) is 4.38. The zero-order valence-corrected chi connectivity index (χ0v) is 17.6. The Kier molecular flexibility index (Phi) is 6.13. The largest absolute Gasteiger partial charge is 0.497 e. The standard InChI is InChI=1S/C21H23N5O2S/c1-14(16-10-12-18(28-4)13-11-16)23-24-21(29)22-19-15(2)25(3)26(20(19)27)17-8-6-5-7-9-17/h5-13H,1-4H3,(H2,22,24,29)/b23-14-. The second-order valence-corrected chi connectivity index (χ2v) is 6.84. The van der Waals surface area contributed by atoms with E-state index < -0.39 is 0 Å². The molecular weight excluding hydrogens is 386 g/mol. The first-order valence-electron chi connectivity index (χ1n) is 9.02. The smallest absolute Gasteiger partial charge is 0.295 e. The molecule has 7 nitrogen and oxygen atoms in total. The molecule has 1 aromatic heterocycles. The van der Waals surface area contributed by atoms with Crippen LogP contribution < -0.4 is 21.0 Å². The number of hydrogen-bond acceptors (Lipinski definition) is 4. The van der Waals surface area contributed by atoms with Gasteiger partial charge in [0.1, 0.15) is 11.4 Å². The van der Waals surface area contributed by atoms with Crippen LogP contribution in [0.25, 0.3) is 5.69 Å². The van der Waals surface area contributed by atoms with Gasteiger partial charge in [-0.15, -0.1) is 0 Å². The van der Waals surface area contributed by atoms with Gasteiger partial charge in [0.2, 0.25) is 0 Å². The maximum Gasteiger partial charge on any atom is 0.295 e. The van der Waals surface area contributed by atoms with E-state index in [2.05, 4.69) is 15.8 Å². The van der Waals surface area contributed by atoms with Gasteiger partial charge >= 0.3 is 0 Å². The van der Waals surface area contributed by atoms with E-state index in [-0.39, 0.29) is 10.7 Å². The Hall–Kier alpha value is -3.39. The van der Waals surface area contributed by atoms with Crippen LogP contribution in [0.4, 0.5) is 5.69 Å². The maximum absolute atomic E-state index is 12.9. The molecule has 0 aliphatic carbocycles. The molecule has 29 heavy (non-hydrogen) atoms. The van der Waals surface area contributed by atoms with Gasteiger partial charge < -0.3 is 10.1 Å². The predicted octanol–water partition coefficient (Wildman–Crippen LogP) is 3.20. The first-order valence-corrected chi connectivity index (χ1v) is 9.43. The highest BCUT2D eigenvalue weighted by Crippen LogP contribution is 2.14.